The van der Waals surface area contributed by atoms with Gasteiger partial charge in [0.15, 0.2) is 0 Å². The molecule has 1 aromatic heterocycles. The average molecular weight is 383 g/mol. The summed E-state index contributed by atoms with van der Waals surface area (Å²) in [4.78, 5) is 24.5. The normalized spacial score (nSPS) is 14.9. The molecule has 0 spiro atoms. The van der Waals surface area contributed by atoms with E-state index in [9.17, 15) is 14.7 Å². The van der Waals surface area contributed by atoms with Crippen LogP contribution in [0.25, 0.3) is 0 Å². The monoisotopic (exact) mass is 383 g/mol. The van der Waals surface area contributed by atoms with Gasteiger partial charge < -0.3 is 10.4 Å². The Morgan fingerprint density at radius 2 is 2.07 bits per heavy atom. The molecule has 1 aliphatic rings. The average Bonchev–Trinajstić information content (AvgIpc) is 3.38. The Hall–Kier alpha value is -2.63. The highest BCUT2D eigenvalue weighted by Crippen LogP contribution is 2.41. The van der Waals surface area contributed by atoms with Gasteiger partial charge in [0.1, 0.15) is 0 Å². The van der Waals surface area contributed by atoms with Gasteiger partial charge in [-0.25, -0.2) is 0 Å². The van der Waals surface area contributed by atoms with E-state index in [2.05, 4.69) is 24.3 Å². The molecule has 1 aromatic carbocycles. The molecule has 0 radical (unpaired) electrons. The summed E-state index contributed by atoms with van der Waals surface area (Å²) in [6.07, 6.45) is 4.17. The lowest BCUT2D eigenvalue weighted by Crippen LogP contribution is -2.34. The zero-order valence-electron chi connectivity index (χ0n) is 16.8. The number of amides is 1. The Morgan fingerprint density at radius 1 is 1.32 bits per heavy atom. The fraction of sp³-hybridized carbons (Fsp3) is 0.500. The number of aryl methyl sites for hydroxylation is 1. The Kier molecular flexibility index (Phi) is 6.17. The molecule has 2 N–H and O–H groups in total. The third-order valence-corrected chi connectivity index (χ3v) is 5.05. The van der Waals surface area contributed by atoms with E-state index < -0.39 is 11.9 Å². The number of aromatic nitrogens is 2. The number of nitrogens with zero attached hydrogens (tertiary/aromatic N) is 2. The van der Waals surface area contributed by atoms with Crippen molar-refractivity contribution in [2.24, 2.45) is 11.8 Å². The highest BCUT2D eigenvalue weighted by molar-refractivity contribution is 5.95. The van der Waals surface area contributed by atoms with Crippen LogP contribution in [0.15, 0.2) is 30.5 Å². The van der Waals surface area contributed by atoms with E-state index in [1.807, 2.05) is 35.9 Å². The summed E-state index contributed by atoms with van der Waals surface area (Å²) in [7, 11) is 0. The van der Waals surface area contributed by atoms with Crippen LogP contribution in [0.3, 0.4) is 0 Å². The molecular weight excluding hydrogens is 354 g/mol. The van der Waals surface area contributed by atoms with Crippen LogP contribution in [0.5, 0.6) is 0 Å². The lowest BCUT2D eigenvalue weighted by Gasteiger charge is -2.15. The molecule has 6 nitrogen and oxygen atoms in total. The molecule has 3 rings (SSSR count). The van der Waals surface area contributed by atoms with Crippen molar-refractivity contribution < 1.29 is 14.7 Å². The summed E-state index contributed by atoms with van der Waals surface area (Å²) in [5.74, 6) is -0.962. The van der Waals surface area contributed by atoms with E-state index >= 15 is 0 Å². The summed E-state index contributed by atoms with van der Waals surface area (Å²) in [5, 5.41) is 16.8. The van der Waals surface area contributed by atoms with Gasteiger partial charge in [-0.2, -0.15) is 5.10 Å². The van der Waals surface area contributed by atoms with Gasteiger partial charge in [0.2, 0.25) is 0 Å². The highest BCUT2D eigenvalue weighted by Gasteiger charge is 2.32. The number of carbonyl (C=O) groups is 2. The van der Waals surface area contributed by atoms with Crippen LogP contribution in [-0.4, -0.2) is 33.3 Å². The number of rotatable bonds is 9. The molecular formula is C22H29N3O3. The zero-order valence-corrected chi connectivity index (χ0v) is 16.8. The predicted molar refractivity (Wildman–Crippen MR) is 107 cm³/mol. The standard InChI is InChI=1S/C22H29N3O3/c1-14(2)13-25-20(17-7-8-17)19(12-24-25)21(26)23-11-18(22(27)28)10-16-6-4-5-15(3)9-16/h4-6,9,12,14,17-18H,7-8,10-11,13H2,1-3H3,(H,23,26)(H,27,28). The van der Waals surface area contributed by atoms with Crippen molar-refractivity contribution in [3.05, 3.63) is 52.8 Å². The third kappa shape index (κ3) is 5.00. The molecule has 1 heterocycles. The molecule has 6 heteroatoms. The van der Waals surface area contributed by atoms with Crippen molar-refractivity contribution in [1.29, 1.82) is 0 Å². The first-order valence-corrected chi connectivity index (χ1v) is 9.97. The minimum atomic E-state index is -0.903. The summed E-state index contributed by atoms with van der Waals surface area (Å²) in [5.41, 5.74) is 3.64. The maximum Gasteiger partial charge on any atom is 0.308 e. The van der Waals surface area contributed by atoms with Gasteiger partial charge in [0.05, 0.1) is 23.4 Å². The van der Waals surface area contributed by atoms with Gasteiger partial charge in [-0.3, -0.25) is 14.3 Å². The number of hydrogen-bond acceptors (Lipinski definition) is 3. The molecule has 150 valence electrons. The molecule has 1 amide bonds. The lowest BCUT2D eigenvalue weighted by atomic mass is 9.98. The van der Waals surface area contributed by atoms with Crippen LogP contribution in [-0.2, 0) is 17.8 Å². The Labute approximate surface area is 166 Å². The SMILES string of the molecule is Cc1cccc(CC(CNC(=O)c2cnn(CC(C)C)c2C2CC2)C(=O)O)c1. The van der Waals surface area contributed by atoms with Gasteiger partial charge in [-0.1, -0.05) is 43.7 Å². The van der Waals surface area contributed by atoms with Crippen molar-refractivity contribution in [1.82, 2.24) is 15.1 Å². The van der Waals surface area contributed by atoms with Crippen LogP contribution in [0.4, 0.5) is 0 Å². The zero-order chi connectivity index (χ0) is 20.3. The number of carbonyl (C=O) groups excluding carboxylic acids is 1. The Morgan fingerprint density at radius 3 is 2.68 bits per heavy atom. The van der Waals surface area contributed by atoms with Gasteiger partial charge in [-0.15, -0.1) is 0 Å². The fourth-order valence-corrected chi connectivity index (χ4v) is 3.53. The van der Waals surface area contributed by atoms with Gasteiger partial charge in [0, 0.05) is 19.0 Å². The van der Waals surface area contributed by atoms with Crippen LogP contribution in [0.1, 0.15) is 59.8 Å². The molecule has 1 fully saturated rings. The second kappa shape index (κ2) is 8.59. The van der Waals surface area contributed by atoms with E-state index in [4.69, 9.17) is 0 Å². The van der Waals surface area contributed by atoms with E-state index in [1.165, 1.54) is 0 Å². The number of hydrogen-bond donors (Lipinski definition) is 2. The van der Waals surface area contributed by atoms with Crippen molar-refractivity contribution >= 4 is 11.9 Å². The largest absolute Gasteiger partial charge is 0.481 e. The van der Waals surface area contributed by atoms with Crippen LogP contribution >= 0.6 is 0 Å². The van der Waals surface area contributed by atoms with E-state index in [0.29, 0.717) is 23.8 Å². The molecule has 0 aliphatic heterocycles. The quantitative estimate of drug-likeness (QED) is 0.695. The third-order valence-electron chi connectivity index (χ3n) is 5.05. The molecule has 1 atom stereocenters. The molecule has 2 aromatic rings. The van der Waals surface area contributed by atoms with Crippen molar-refractivity contribution in [3.8, 4) is 0 Å². The molecule has 1 unspecified atom stereocenters. The van der Waals surface area contributed by atoms with Crippen molar-refractivity contribution in [2.45, 2.75) is 52.5 Å². The minimum absolute atomic E-state index is 0.0988. The van der Waals surface area contributed by atoms with Crippen LogP contribution in [0.2, 0.25) is 0 Å². The number of benzene rings is 1. The molecule has 28 heavy (non-hydrogen) atoms. The Balaban J connectivity index is 1.68. The number of carboxylic acids is 1. The first-order valence-electron chi connectivity index (χ1n) is 9.97. The maximum atomic E-state index is 12.8. The topological polar surface area (TPSA) is 84.2 Å². The van der Waals surface area contributed by atoms with E-state index in [0.717, 1.165) is 36.2 Å². The molecule has 0 bridgehead atoms. The molecule has 1 saturated carbocycles. The van der Waals surface area contributed by atoms with E-state index in [-0.39, 0.29) is 12.5 Å². The summed E-state index contributed by atoms with van der Waals surface area (Å²) >= 11 is 0. The molecule has 0 saturated heterocycles. The smallest absolute Gasteiger partial charge is 0.308 e. The fourth-order valence-electron chi connectivity index (χ4n) is 3.53. The van der Waals surface area contributed by atoms with Crippen molar-refractivity contribution in [3.63, 3.8) is 0 Å². The summed E-state index contributed by atoms with van der Waals surface area (Å²) < 4.78 is 1.94. The number of carboxylic acid groups (broad SMARTS) is 1. The second-order valence-corrected chi connectivity index (χ2v) is 8.23. The van der Waals surface area contributed by atoms with E-state index in [1.54, 1.807) is 6.20 Å². The predicted octanol–water partition coefficient (Wildman–Crippen LogP) is 3.40. The second-order valence-electron chi connectivity index (χ2n) is 8.23. The summed E-state index contributed by atoms with van der Waals surface area (Å²) in [6, 6.07) is 7.81. The highest BCUT2D eigenvalue weighted by atomic mass is 16.4. The van der Waals surface area contributed by atoms with Crippen LogP contribution < -0.4 is 5.32 Å². The maximum absolute atomic E-state index is 12.8. The number of nitrogens with one attached hydrogen (secondary N) is 1. The minimum Gasteiger partial charge on any atom is -0.481 e. The van der Waals surface area contributed by atoms with Crippen LogP contribution in [0, 0.1) is 18.8 Å². The van der Waals surface area contributed by atoms with Gasteiger partial charge in [-0.05, 0) is 37.7 Å². The number of aliphatic carboxylic acids is 1. The Bertz CT molecular complexity index is 852. The summed E-state index contributed by atoms with van der Waals surface area (Å²) in [6.45, 7) is 7.11. The molecule has 1 aliphatic carbocycles. The van der Waals surface area contributed by atoms with Gasteiger partial charge in [0.25, 0.3) is 5.91 Å². The lowest BCUT2D eigenvalue weighted by molar-refractivity contribution is -0.141. The first kappa shape index (κ1) is 20.1. The van der Waals surface area contributed by atoms with Gasteiger partial charge >= 0.3 is 5.97 Å². The first-order chi connectivity index (χ1) is 13.3. The van der Waals surface area contributed by atoms with Crippen molar-refractivity contribution in [2.75, 3.05) is 6.54 Å².